The summed E-state index contributed by atoms with van der Waals surface area (Å²) in [4.78, 5) is 11.1. The predicted octanol–water partition coefficient (Wildman–Crippen LogP) is 7.63. The summed E-state index contributed by atoms with van der Waals surface area (Å²) in [6.07, 6.45) is 0. The summed E-state index contributed by atoms with van der Waals surface area (Å²) in [5, 5.41) is 10.4. The summed E-state index contributed by atoms with van der Waals surface area (Å²) < 4.78 is 0. The van der Waals surface area contributed by atoms with Crippen molar-refractivity contribution in [2.45, 2.75) is 6.92 Å². The minimum absolute atomic E-state index is 0.116. The zero-order valence-corrected chi connectivity index (χ0v) is 16.2. The summed E-state index contributed by atoms with van der Waals surface area (Å²) in [7, 11) is 0. The van der Waals surface area contributed by atoms with E-state index >= 15 is 0 Å². The van der Waals surface area contributed by atoms with Crippen molar-refractivity contribution in [3.8, 4) is 0 Å². The van der Waals surface area contributed by atoms with Crippen LogP contribution in [0.4, 0.5) is 0 Å². The number of benzene rings is 6. The van der Waals surface area contributed by atoms with Crippen LogP contribution in [-0.2, 0) is 0 Å². The van der Waals surface area contributed by atoms with Gasteiger partial charge in [0.2, 0.25) is 0 Å². The van der Waals surface area contributed by atoms with Gasteiger partial charge >= 0.3 is 0 Å². The van der Waals surface area contributed by atoms with Crippen LogP contribution >= 0.6 is 0 Å². The normalized spacial score (nSPS) is 11.1. The molecular formula is C28H20O. The number of fused-ring (bicyclic) bond motifs is 1. The van der Waals surface area contributed by atoms with Crippen molar-refractivity contribution in [3.05, 3.63) is 109 Å². The number of hydrogen-bond acceptors (Lipinski definition) is 1. The van der Waals surface area contributed by atoms with Crippen LogP contribution < -0.4 is 0 Å². The summed E-state index contributed by atoms with van der Waals surface area (Å²) in [5.41, 5.74) is 0.777. The molecule has 0 spiro atoms. The highest BCUT2D eigenvalue weighted by atomic mass is 16.1. The lowest BCUT2D eigenvalue weighted by Crippen LogP contribution is -1.90. The van der Waals surface area contributed by atoms with Gasteiger partial charge in [0.05, 0.1) is 0 Å². The maximum Gasteiger partial charge on any atom is 0.159 e. The Morgan fingerprint density at radius 1 is 0.483 bits per heavy atom. The van der Waals surface area contributed by atoms with Crippen molar-refractivity contribution < 1.29 is 4.79 Å². The van der Waals surface area contributed by atoms with Crippen molar-refractivity contribution >= 4 is 48.9 Å². The van der Waals surface area contributed by atoms with Gasteiger partial charge < -0.3 is 0 Å². The van der Waals surface area contributed by atoms with Crippen LogP contribution in [0.15, 0.2) is 103 Å². The van der Waals surface area contributed by atoms with Crippen LogP contribution in [0.1, 0.15) is 17.3 Å². The molecule has 0 unspecified atom stereocenters. The van der Waals surface area contributed by atoms with Crippen molar-refractivity contribution in [1.82, 2.24) is 0 Å². The molecule has 0 aliphatic rings. The lowest BCUT2D eigenvalue weighted by atomic mass is 9.95. The molecule has 0 bridgehead atoms. The van der Waals surface area contributed by atoms with E-state index in [1.165, 1.54) is 37.7 Å². The third kappa shape index (κ3) is 3.11. The molecule has 0 N–H and O–H groups in total. The van der Waals surface area contributed by atoms with Crippen molar-refractivity contribution in [3.63, 3.8) is 0 Å². The summed E-state index contributed by atoms with van der Waals surface area (Å²) in [5.74, 6) is 0.116. The Morgan fingerprint density at radius 3 is 1.38 bits per heavy atom. The van der Waals surface area contributed by atoms with Crippen LogP contribution in [-0.4, -0.2) is 5.78 Å². The standard InChI is InChI=1S/C16H10.C12H10O/c1-3-11-7-9-13-5-2-6-14-10-8-12(4-1)15(11)16(13)14;1-9(13)11-7-6-10-4-2-3-5-12(10)8-11/h1-10H;2-8H,1H3. The number of Topliss-reactive ketones (excluding diaryl/α,β-unsaturated/α-hetero) is 1. The fraction of sp³-hybridized carbons (Fsp3) is 0.0357. The number of carbonyl (C=O) groups is 1. The van der Waals surface area contributed by atoms with E-state index in [9.17, 15) is 4.79 Å². The molecule has 0 saturated heterocycles. The molecule has 0 heterocycles. The second-order valence-electron chi connectivity index (χ2n) is 7.41. The van der Waals surface area contributed by atoms with Gasteiger partial charge in [-0.25, -0.2) is 0 Å². The van der Waals surface area contributed by atoms with Crippen molar-refractivity contribution in [2.24, 2.45) is 0 Å². The fourth-order valence-electron chi connectivity index (χ4n) is 4.08. The molecule has 0 amide bonds. The SMILES string of the molecule is CC(=O)c1ccc2ccccc2c1.c1cc2ccc3cccc4ccc(c1)c2c34. The van der Waals surface area contributed by atoms with Crippen LogP contribution in [0.5, 0.6) is 0 Å². The van der Waals surface area contributed by atoms with Gasteiger partial charge in [0, 0.05) is 5.56 Å². The van der Waals surface area contributed by atoms with Crippen LogP contribution in [0.2, 0.25) is 0 Å². The molecule has 0 fully saturated rings. The molecule has 138 valence electrons. The molecular weight excluding hydrogens is 352 g/mol. The molecule has 1 nitrogen and oxygen atoms in total. The molecule has 29 heavy (non-hydrogen) atoms. The van der Waals surface area contributed by atoms with E-state index in [0.29, 0.717) is 0 Å². The van der Waals surface area contributed by atoms with Gasteiger partial charge in [0.15, 0.2) is 5.78 Å². The Labute approximate surface area is 169 Å². The zero-order chi connectivity index (χ0) is 19.8. The van der Waals surface area contributed by atoms with Crippen molar-refractivity contribution in [1.29, 1.82) is 0 Å². The third-order valence-electron chi connectivity index (χ3n) is 5.55. The first-order valence-electron chi connectivity index (χ1n) is 9.83. The lowest BCUT2D eigenvalue weighted by molar-refractivity contribution is 0.101. The lowest BCUT2D eigenvalue weighted by Gasteiger charge is -2.09. The van der Waals surface area contributed by atoms with E-state index in [2.05, 4.69) is 60.7 Å². The van der Waals surface area contributed by atoms with Gasteiger partial charge in [-0.2, -0.15) is 0 Å². The minimum Gasteiger partial charge on any atom is -0.295 e. The Kier molecular flexibility index (Phi) is 4.22. The minimum atomic E-state index is 0.116. The number of ketones is 1. The number of rotatable bonds is 1. The van der Waals surface area contributed by atoms with E-state index in [4.69, 9.17) is 0 Å². The first-order chi connectivity index (χ1) is 14.2. The molecule has 6 aromatic rings. The molecule has 0 aliphatic heterocycles. The number of carbonyl (C=O) groups excluding carboxylic acids is 1. The Balaban J connectivity index is 0.000000129. The maximum atomic E-state index is 11.1. The second-order valence-corrected chi connectivity index (χ2v) is 7.41. The molecule has 0 atom stereocenters. The highest BCUT2D eigenvalue weighted by molar-refractivity contribution is 6.22. The van der Waals surface area contributed by atoms with E-state index in [0.717, 1.165) is 10.9 Å². The monoisotopic (exact) mass is 372 g/mol. The maximum absolute atomic E-state index is 11.1. The van der Waals surface area contributed by atoms with Gasteiger partial charge in [-0.3, -0.25) is 4.79 Å². The van der Waals surface area contributed by atoms with Crippen LogP contribution in [0.25, 0.3) is 43.1 Å². The Hall–Kier alpha value is -3.71. The largest absolute Gasteiger partial charge is 0.295 e. The molecule has 0 radical (unpaired) electrons. The third-order valence-corrected chi connectivity index (χ3v) is 5.55. The Morgan fingerprint density at radius 2 is 0.897 bits per heavy atom. The van der Waals surface area contributed by atoms with Crippen LogP contribution in [0, 0.1) is 0 Å². The van der Waals surface area contributed by atoms with Crippen LogP contribution in [0.3, 0.4) is 0 Å². The van der Waals surface area contributed by atoms with Gasteiger partial charge in [-0.15, -0.1) is 0 Å². The van der Waals surface area contributed by atoms with E-state index < -0.39 is 0 Å². The molecule has 0 saturated carbocycles. The average molecular weight is 372 g/mol. The first-order valence-corrected chi connectivity index (χ1v) is 9.83. The summed E-state index contributed by atoms with van der Waals surface area (Å²) >= 11 is 0. The van der Waals surface area contributed by atoms with Gasteiger partial charge in [-0.05, 0) is 56.1 Å². The van der Waals surface area contributed by atoms with Gasteiger partial charge in [0.25, 0.3) is 0 Å². The highest BCUT2D eigenvalue weighted by Gasteiger charge is 2.06. The molecule has 1 heteroatoms. The predicted molar refractivity (Wildman–Crippen MR) is 124 cm³/mol. The fourth-order valence-corrected chi connectivity index (χ4v) is 4.08. The van der Waals surface area contributed by atoms with Crippen molar-refractivity contribution in [2.75, 3.05) is 0 Å². The van der Waals surface area contributed by atoms with E-state index in [-0.39, 0.29) is 5.78 Å². The zero-order valence-electron chi connectivity index (χ0n) is 16.2. The molecule has 0 aromatic heterocycles. The molecule has 6 aromatic carbocycles. The summed E-state index contributed by atoms with van der Waals surface area (Å²) in [6, 6.07) is 35.7. The van der Waals surface area contributed by atoms with Gasteiger partial charge in [0.1, 0.15) is 0 Å². The number of hydrogen-bond donors (Lipinski definition) is 0. The smallest absolute Gasteiger partial charge is 0.159 e. The average Bonchev–Trinajstić information content (AvgIpc) is 2.78. The molecule has 0 aliphatic carbocycles. The first kappa shape index (κ1) is 17.4. The van der Waals surface area contributed by atoms with E-state index in [1.54, 1.807) is 6.92 Å². The highest BCUT2D eigenvalue weighted by Crippen LogP contribution is 2.33. The topological polar surface area (TPSA) is 17.1 Å². The quantitative estimate of drug-likeness (QED) is 0.214. The Bertz CT molecular complexity index is 1350. The van der Waals surface area contributed by atoms with E-state index in [1.807, 2.05) is 42.5 Å². The summed E-state index contributed by atoms with van der Waals surface area (Å²) in [6.45, 7) is 1.59. The second kappa shape index (κ2) is 7.03. The molecule has 6 rings (SSSR count). The van der Waals surface area contributed by atoms with Gasteiger partial charge in [-0.1, -0.05) is 97.1 Å².